The predicted molar refractivity (Wildman–Crippen MR) is 104 cm³/mol. The maximum atomic E-state index is 5.88. The molecule has 1 saturated heterocycles. The molecular formula is C20H34N4O2. The molecule has 1 fully saturated rings. The average Bonchev–Trinajstić information content (AvgIpc) is 2.65. The van der Waals surface area contributed by atoms with Crippen LogP contribution in [0.5, 0.6) is 0 Å². The van der Waals surface area contributed by atoms with Crippen LogP contribution in [-0.4, -0.2) is 88.6 Å². The summed E-state index contributed by atoms with van der Waals surface area (Å²) in [6, 6.07) is 8.88. The van der Waals surface area contributed by atoms with Gasteiger partial charge in [-0.3, -0.25) is 9.80 Å². The zero-order chi connectivity index (χ0) is 17.9. The standard InChI is InChI=1S/C20H34N4O2/c1-2-19-16-20(3-1)18-22-5-7-24-10-14-25-12-8-23(6-4-21-17-19)9-13-26-15-11-24/h1-3,16,21-22H,4-15,17-18H2. The Bertz CT molecular complexity index is 461. The lowest BCUT2D eigenvalue weighted by Crippen LogP contribution is -2.40. The lowest BCUT2D eigenvalue weighted by atomic mass is 10.1. The molecule has 1 aromatic carbocycles. The normalized spacial score (nSPS) is 27.5. The Morgan fingerprint density at radius 3 is 1.58 bits per heavy atom. The smallest absolute Gasteiger partial charge is 0.0594 e. The van der Waals surface area contributed by atoms with Crippen molar-refractivity contribution in [3.05, 3.63) is 35.4 Å². The van der Waals surface area contributed by atoms with E-state index >= 15 is 0 Å². The van der Waals surface area contributed by atoms with E-state index in [4.69, 9.17) is 9.47 Å². The Morgan fingerprint density at radius 1 is 0.654 bits per heavy atom. The van der Waals surface area contributed by atoms with Crippen molar-refractivity contribution in [3.63, 3.8) is 0 Å². The number of hydrogen-bond acceptors (Lipinski definition) is 6. The monoisotopic (exact) mass is 362 g/mol. The maximum Gasteiger partial charge on any atom is 0.0594 e. The number of nitrogens with zero attached hydrogens (tertiary/aromatic N) is 2. The molecule has 0 aromatic heterocycles. The molecule has 26 heavy (non-hydrogen) atoms. The van der Waals surface area contributed by atoms with Crippen molar-refractivity contribution in [1.82, 2.24) is 20.4 Å². The molecule has 0 unspecified atom stereocenters. The molecule has 0 aliphatic carbocycles. The van der Waals surface area contributed by atoms with Gasteiger partial charge in [-0.25, -0.2) is 0 Å². The number of ether oxygens (including phenoxy) is 2. The van der Waals surface area contributed by atoms with Crippen LogP contribution in [0, 0.1) is 0 Å². The van der Waals surface area contributed by atoms with Gasteiger partial charge in [0, 0.05) is 65.4 Å². The van der Waals surface area contributed by atoms with E-state index in [0.717, 1.165) is 91.9 Å². The van der Waals surface area contributed by atoms with E-state index in [1.54, 1.807) is 0 Å². The van der Waals surface area contributed by atoms with Crippen molar-refractivity contribution in [2.24, 2.45) is 0 Å². The molecule has 0 spiro atoms. The predicted octanol–water partition coefficient (Wildman–Crippen LogP) is 0.530. The fourth-order valence-electron chi connectivity index (χ4n) is 3.44. The summed E-state index contributed by atoms with van der Waals surface area (Å²) < 4.78 is 11.8. The first-order valence-corrected chi connectivity index (χ1v) is 9.99. The van der Waals surface area contributed by atoms with Gasteiger partial charge in [0.1, 0.15) is 0 Å². The Balaban J connectivity index is 1.63. The topological polar surface area (TPSA) is 49.0 Å². The molecular weight excluding hydrogens is 328 g/mol. The quantitative estimate of drug-likeness (QED) is 0.702. The fourth-order valence-corrected chi connectivity index (χ4v) is 3.44. The molecule has 4 rings (SSSR count). The van der Waals surface area contributed by atoms with E-state index in [1.807, 2.05) is 0 Å². The van der Waals surface area contributed by atoms with Crippen LogP contribution in [-0.2, 0) is 22.6 Å². The summed E-state index contributed by atoms with van der Waals surface area (Å²) in [7, 11) is 0. The molecule has 0 atom stereocenters. The van der Waals surface area contributed by atoms with Crippen LogP contribution in [0.25, 0.3) is 0 Å². The SMILES string of the molecule is c1cc2cc(c1)CNCCN1CCOCCN(CCNC2)CCOCC1. The van der Waals surface area contributed by atoms with Crippen molar-refractivity contribution in [2.45, 2.75) is 13.1 Å². The maximum absolute atomic E-state index is 5.88. The zero-order valence-corrected chi connectivity index (χ0v) is 15.9. The first kappa shape index (κ1) is 19.7. The minimum Gasteiger partial charge on any atom is -0.379 e. The third kappa shape index (κ3) is 7.31. The number of benzene rings is 1. The highest BCUT2D eigenvalue weighted by atomic mass is 16.5. The minimum atomic E-state index is 0.800. The molecule has 0 radical (unpaired) electrons. The summed E-state index contributed by atoms with van der Waals surface area (Å²) >= 11 is 0. The highest BCUT2D eigenvalue weighted by Gasteiger charge is 2.10. The molecule has 3 aliphatic heterocycles. The first-order chi connectivity index (χ1) is 12.9. The van der Waals surface area contributed by atoms with Crippen LogP contribution >= 0.6 is 0 Å². The molecule has 3 aliphatic rings. The van der Waals surface area contributed by atoms with Crippen molar-refractivity contribution < 1.29 is 9.47 Å². The number of fused-ring (bicyclic) bond motifs is 14. The van der Waals surface area contributed by atoms with E-state index in [9.17, 15) is 0 Å². The Labute approximate surface area is 157 Å². The van der Waals surface area contributed by atoms with E-state index in [2.05, 4.69) is 44.7 Å². The lowest BCUT2D eigenvalue weighted by molar-refractivity contribution is 0.0384. The third-order valence-electron chi connectivity index (χ3n) is 5.07. The second-order valence-corrected chi connectivity index (χ2v) is 7.08. The van der Waals surface area contributed by atoms with Crippen LogP contribution in [0.15, 0.2) is 24.3 Å². The summed E-state index contributed by atoms with van der Waals surface area (Å²) in [4.78, 5) is 4.88. The highest BCUT2D eigenvalue weighted by Crippen LogP contribution is 2.05. The zero-order valence-electron chi connectivity index (χ0n) is 15.9. The van der Waals surface area contributed by atoms with Gasteiger partial charge in [-0.1, -0.05) is 24.3 Å². The van der Waals surface area contributed by atoms with Crippen LogP contribution in [0.2, 0.25) is 0 Å². The van der Waals surface area contributed by atoms with Crippen molar-refractivity contribution >= 4 is 0 Å². The van der Waals surface area contributed by atoms with Crippen LogP contribution < -0.4 is 10.6 Å². The van der Waals surface area contributed by atoms with Crippen molar-refractivity contribution in [2.75, 3.05) is 78.8 Å². The molecule has 6 heteroatoms. The molecule has 6 nitrogen and oxygen atoms in total. The van der Waals surface area contributed by atoms with Crippen LogP contribution in [0.4, 0.5) is 0 Å². The van der Waals surface area contributed by atoms with E-state index in [-0.39, 0.29) is 0 Å². The van der Waals surface area contributed by atoms with E-state index in [1.165, 1.54) is 11.1 Å². The van der Waals surface area contributed by atoms with E-state index in [0.29, 0.717) is 0 Å². The second kappa shape index (κ2) is 11.6. The molecule has 3 heterocycles. The summed E-state index contributed by atoms with van der Waals surface area (Å²) in [5, 5.41) is 7.15. The minimum absolute atomic E-state index is 0.800. The van der Waals surface area contributed by atoms with Gasteiger partial charge in [-0.2, -0.15) is 0 Å². The molecule has 2 N–H and O–H groups in total. The van der Waals surface area contributed by atoms with Gasteiger partial charge in [-0.15, -0.1) is 0 Å². The molecule has 0 saturated carbocycles. The molecule has 1 aromatic rings. The van der Waals surface area contributed by atoms with Crippen molar-refractivity contribution in [3.8, 4) is 0 Å². The van der Waals surface area contributed by atoms with Gasteiger partial charge < -0.3 is 20.1 Å². The molecule has 146 valence electrons. The van der Waals surface area contributed by atoms with Gasteiger partial charge >= 0.3 is 0 Å². The lowest BCUT2D eigenvalue weighted by Gasteiger charge is -2.26. The van der Waals surface area contributed by atoms with Gasteiger partial charge in [0.05, 0.1) is 26.4 Å². The Morgan fingerprint density at radius 2 is 1.12 bits per heavy atom. The fraction of sp³-hybridized carbons (Fsp3) is 0.700. The van der Waals surface area contributed by atoms with Crippen LogP contribution in [0.1, 0.15) is 11.1 Å². The Hall–Kier alpha value is -1.02. The number of nitrogens with one attached hydrogen (secondary N) is 2. The summed E-state index contributed by atoms with van der Waals surface area (Å²) in [6.07, 6.45) is 0. The number of hydrogen-bond donors (Lipinski definition) is 2. The van der Waals surface area contributed by atoms with Crippen molar-refractivity contribution in [1.29, 1.82) is 0 Å². The third-order valence-corrected chi connectivity index (χ3v) is 5.07. The first-order valence-electron chi connectivity index (χ1n) is 9.99. The van der Waals surface area contributed by atoms with Crippen LogP contribution in [0.3, 0.4) is 0 Å². The second-order valence-electron chi connectivity index (χ2n) is 7.08. The summed E-state index contributed by atoms with van der Waals surface area (Å²) in [6.45, 7) is 13.0. The average molecular weight is 363 g/mol. The van der Waals surface area contributed by atoms with Gasteiger partial charge in [0.2, 0.25) is 0 Å². The molecule has 4 bridgehead atoms. The van der Waals surface area contributed by atoms with Gasteiger partial charge in [0.15, 0.2) is 0 Å². The summed E-state index contributed by atoms with van der Waals surface area (Å²) in [5.41, 5.74) is 2.71. The van der Waals surface area contributed by atoms with E-state index < -0.39 is 0 Å². The largest absolute Gasteiger partial charge is 0.379 e. The highest BCUT2D eigenvalue weighted by molar-refractivity contribution is 5.23. The van der Waals surface area contributed by atoms with Gasteiger partial charge in [-0.05, 0) is 11.1 Å². The van der Waals surface area contributed by atoms with Gasteiger partial charge in [0.25, 0.3) is 0 Å². The Kier molecular flexibility index (Phi) is 8.84. The molecule has 0 amide bonds. The summed E-state index contributed by atoms with van der Waals surface area (Å²) in [5.74, 6) is 0. The number of rotatable bonds is 0.